The molecule has 25 heavy (non-hydrogen) atoms. The molecule has 3 amide bonds. The molecule has 1 unspecified atom stereocenters. The van der Waals surface area contributed by atoms with E-state index in [9.17, 15) is 19.5 Å². The molecule has 3 N–H and O–H groups in total. The van der Waals surface area contributed by atoms with Gasteiger partial charge in [-0.3, -0.25) is 14.9 Å². The molecule has 1 heterocycles. The Morgan fingerprint density at radius 3 is 2.32 bits per heavy atom. The van der Waals surface area contributed by atoms with Crippen LogP contribution >= 0.6 is 0 Å². The smallest absolute Gasteiger partial charge is 0.322 e. The topological polar surface area (TPSA) is 114 Å². The first-order valence-corrected chi connectivity index (χ1v) is 7.98. The first kappa shape index (κ1) is 17.1. The Kier molecular flexibility index (Phi) is 4.28. The normalized spacial score (nSPS) is 27.4. The van der Waals surface area contributed by atoms with Crippen molar-refractivity contribution < 1.29 is 29.0 Å². The molecule has 1 saturated heterocycles. The van der Waals surface area contributed by atoms with E-state index in [1.807, 2.05) is 12.1 Å². The number of carbonyl (C=O) groups is 3. The van der Waals surface area contributed by atoms with Gasteiger partial charge in [0.25, 0.3) is 5.91 Å². The minimum atomic E-state index is -1.18. The molecule has 1 saturated carbocycles. The van der Waals surface area contributed by atoms with Crippen LogP contribution in [0.25, 0.3) is 0 Å². The average molecular weight is 348 g/mol. The maximum absolute atomic E-state index is 12.4. The summed E-state index contributed by atoms with van der Waals surface area (Å²) in [5, 5.41) is 14.1. The lowest BCUT2D eigenvalue weighted by Crippen LogP contribution is -2.50. The van der Waals surface area contributed by atoms with E-state index in [0.717, 1.165) is 5.56 Å². The second-order valence-electron chi connectivity index (χ2n) is 6.39. The Balaban J connectivity index is 1.82. The van der Waals surface area contributed by atoms with E-state index in [-0.39, 0.29) is 0 Å². The van der Waals surface area contributed by atoms with E-state index < -0.39 is 35.3 Å². The fraction of sp³-hybridized carbons (Fsp3) is 0.471. The summed E-state index contributed by atoms with van der Waals surface area (Å²) in [6, 6.07) is 4.81. The van der Waals surface area contributed by atoms with Crippen LogP contribution in [0.1, 0.15) is 18.4 Å². The van der Waals surface area contributed by atoms with Crippen molar-refractivity contribution in [3.05, 3.63) is 23.8 Å². The number of urea groups is 1. The van der Waals surface area contributed by atoms with Crippen LogP contribution in [-0.4, -0.2) is 42.8 Å². The predicted octanol–water partition coefficient (Wildman–Crippen LogP) is 0.935. The Morgan fingerprint density at radius 1 is 1.24 bits per heavy atom. The van der Waals surface area contributed by atoms with Gasteiger partial charge in [-0.2, -0.15) is 0 Å². The summed E-state index contributed by atoms with van der Waals surface area (Å²) in [4.78, 5) is 35.3. The number of methoxy groups -OCH3 is 2. The molecular weight excluding hydrogens is 328 g/mol. The zero-order valence-corrected chi connectivity index (χ0v) is 14.0. The van der Waals surface area contributed by atoms with Crippen molar-refractivity contribution in [1.29, 1.82) is 0 Å². The number of hydrogen-bond donors (Lipinski definition) is 3. The highest BCUT2D eigenvalue weighted by atomic mass is 16.5. The molecule has 8 nitrogen and oxygen atoms in total. The van der Waals surface area contributed by atoms with E-state index in [1.54, 1.807) is 20.3 Å². The van der Waals surface area contributed by atoms with Crippen molar-refractivity contribution in [2.24, 2.45) is 11.8 Å². The molecule has 8 heteroatoms. The lowest BCUT2D eigenvalue weighted by molar-refractivity contribution is -0.139. The summed E-state index contributed by atoms with van der Waals surface area (Å²) < 4.78 is 10.5. The molecule has 3 rings (SSSR count). The molecule has 1 aliphatic carbocycles. The average Bonchev–Trinajstić information content (AvgIpc) is 3.34. The summed E-state index contributed by atoms with van der Waals surface area (Å²) in [5.41, 5.74) is -0.312. The number of amides is 3. The number of aryl methyl sites for hydroxylation is 1. The Hall–Kier alpha value is -2.77. The number of nitrogens with one attached hydrogen (secondary N) is 2. The van der Waals surface area contributed by atoms with Crippen molar-refractivity contribution in [2.75, 3.05) is 14.2 Å². The third-order valence-electron chi connectivity index (χ3n) is 4.93. The Labute approximate surface area is 144 Å². The lowest BCUT2D eigenvalue weighted by Gasteiger charge is -2.26. The number of benzene rings is 1. The quantitative estimate of drug-likeness (QED) is 0.632. The van der Waals surface area contributed by atoms with Gasteiger partial charge in [-0.25, -0.2) is 4.79 Å². The van der Waals surface area contributed by atoms with Crippen LogP contribution in [0.4, 0.5) is 4.79 Å². The fourth-order valence-electron chi connectivity index (χ4n) is 3.49. The summed E-state index contributed by atoms with van der Waals surface area (Å²) >= 11 is 0. The monoisotopic (exact) mass is 348 g/mol. The van der Waals surface area contributed by atoms with Crippen LogP contribution in [0.15, 0.2) is 18.2 Å². The second kappa shape index (κ2) is 6.27. The second-order valence-corrected chi connectivity index (χ2v) is 6.39. The summed E-state index contributed by atoms with van der Waals surface area (Å²) in [5.74, 6) is -1.16. The fourth-order valence-corrected chi connectivity index (χ4v) is 3.49. The van der Waals surface area contributed by atoms with Gasteiger partial charge < -0.3 is 19.9 Å². The molecule has 2 fully saturated rings. The van der Waals surface area contributed by atoms with Gasteiger partial charge in [0.1, 0.15) is 17.0 Å². The number of carbonyl (C=O) groups excluding carboxylic acids is 2. The third kappa shape index (κ3) is 3.11. The first-order valence-electron chi connectivity index (χ1n) is 7.98. The lowest BCUT2D eigenvalue weighted by atomic mass is 9.85. The van der Waals surface area contributed by atoms with Gasteiger partial charge >= 0.3 is 12.0 Å². The van der Waals surface area contributed by atoms with Crippen molar-refractivity contribution >= 4 is 17.9 Å². The standard InChI is InChI=1S/C17H20N2O6/c1-24-10-5-9(6-11(7-10)25-2)3-4-17(13-8-12(13)14(20)21)15(22)18-16(23)19-17/h5-7,12-13H,3-4,8H2,1-2H3,(H,20,21)(H2,18,19,22,23)/t12-,13-,17?/m0/s1. The third-order valence-corrected chi connectivity index (χ3v) is 4.93. The molecule has 1 aromatic carbocycles. The highest BCUT2D eigenvalue weighted by molar-refractivity contribution is 6.07. The van der Waals surface area contributed by atoms with Crippen molar-refractivity contribution in [3.63, 3.8) is 0 Å². The minimum Gasteiger partial charge on any atom is -0.497 e. The summed E-state index contributed by atoms with van der Waals surface area (Å²) in [7, 11) is 3.10. The maximum atomic E-state index is 12.4. The van der Waals surface area contributed by atoms with Crippen molar-refractivity contribution in [1.82, 2.24) is 10.6 Å². The van der Waals surface area contributed by atoms with Gasteiger partial charge in [0.15, 0.2) is 0 Å². The van der Waals surface area contributed by atoms with E-state index in [0.29, 0.717) is 30.8 Å². The van der Waals surface area contributed by atoms with Gasteiger partial charge in [0, 0.05) is 12.0 Å². The van der Waals surface area contributed by atoms with Crippen LogP contribution < -0.4 is 20.1 Å². The van der Waals surface area contributed by atoms with E-state index in [2.05, 4.69) is 10.6 Å². The van der Waals surface area contributed by atoms with Crippen molar-refractivity contribution in [2.45, 2.75) is 24.8 Å². The molecular formula is C17H20N2O6. The molecule has 2 aliphatic rings. The predicted molar refractivity (Wildman–Crippen MR) is 86.5 cm³/mol. The van der Waals surface area contributed by atoms with Crippen molar-refractivity contribution in [3.8, 4) is 11.5 Å². The zero-order chi connectivity index (χ0) is 18.2. The molecule has 0 bridgehead atoms. The van der Waals surface area contributed by atoms with Crippen LogP contribution in [0, 0.1) is 11.8 Å². The number of carboxylic acid groups (broad SMARTS) is 1. The highest BCUT2D eigenvalue weighted by Crippen LogP contribution is 2.49. The van der Waals surface area contributed by atoms with Crippen LogP contribution in [0.2, 0.25) is 0 Å². The van der Waals surface area contributed by atoms with Gasteiger partial charge in [0.2, 0.25) is 0 Å². The molecule has 0 radical (unpaired) electrons. The number of ether oxygens (including phenoxy) is 2. The number of rotatable bonds is 7. The van der Waals surface area contributed by atoms with Gasteiger partial charge in [-0.15, -0.1) is 0 Å². The van der Waals surface area contributed by atoms with Crippen LogP contribution in [-0.2, 0) is 16.0 Å². The van der Waals surface area contributed by atoms with Crippen LogP contribution in [0.3, 0.4) is 0 Å². The minimum absolute atomic E-state index is 0.301. The zero-order valence-electron chi connectivity index (χ0n) is 14.0. The molecule has 3 atom stereocenters. The van der Waals surface area contributed by atoms with Gasteiger partial charge in [-0.05, 0) is 37.0 Å². The van der Waals surface area contributed by atoms with Gasteiger partial charge in [-0.1, -0.05) is 0 Å². The molecule has 134 valence electrons. The molecule has 0 spiro atoms. The Bertz CT molecular complexity index is 712. The van der Waals surface area contributed by atoms with Gasteiger partial charge in [0.05, 0.1) is 20.1 Å². The summed E-state index contributed by atoms with van der Waals surface area (Å²) in [6.07, 6.45) is 1.14. The number of carboxylic acids is 1. The SMILES string of the molecule is COc1cc(CCC2([C@H]3C[C@@H]3C(=O)O)NC(=O)NC2=O)cc(OC)c1. The first-order chi connectivity index (χ1) is 11.9. The van der Waals surface area contributed by atoms with Crippen LogP contribution in [0.5, 0.6) is 11.5 Å². The number of hydrogen-bond acceptors (Lipinski definition) is 5. The number of imide groups is 1. The van der Waals surface area contributed by atoms with E-state index in [4.69, 9.17) is 9.47 Å². The maximum Gasteiger partial charge on any atom is 0.322 e. The highest BCUT2D eigenvalue weighted by Gasteiger charge is 2.62. The molecule has 1 aromatic rings. The molecule has 0 aromatic heterocycles. The number of aliphatic carboxylic acids is 1. The van der Waals surface area contributed by atoms with E-state index in [1.165, 1.54) is 0 Å². The largest absolute Gasteiger partial charge is 0.497 e. The van der Waals surface area contributed by atoms with E-state index >= 15 is 0 Å². The summed E-state index contributed by atoms with van der Waals surface area (Å²) in [6.45, 7) is 0. The Morgan fingerprint density at radius 2 is 1.88 bits per heavy atom. The molecule has 1 aliphatic heterocycles.